The number of nitrogens with zero attached hydrogens (tertiary/aromatic N) is 1. The minimum atomic E-state index is -0.102. The van der Waals surface area contributed by atoms with Crippen LogP contribution in [0.3, 0.4) is 0 Å². The Morgan fingerprint density at radius 2 is 1.77 bits per heavy atom. The van der Waals surface area contributed by atoms with Gasteiger partial charge in [-0.25, -0.2) is 0 Å². The van der Waals surface area contributed by atoms with Gasteiger partial charge < -0.3 is 10.2 Å². The molecule has 1 amide bonds. The van der Waals surface area contributed by atoms with Crippen molar-refractivity contribution < 1.29 is 4.79 Å². The minimum absolute atomic E-state index is 0.102. The Labute approximate surface area is 132 Å². The van der Waals surface area contributed by atoms with E-state index in [0.29, 0.717) is 12.1 Å². The van der Waals surface area contributed by atoms with Crippen molar-refractivity contribution in [3.63, 3.8) is 0 Å². The fourth-order valence-electron chi connectivity index (χ4n) is 2.04. The predicted octanol–water partition coefficient (Wildman–Crippen LogP) is 2.84. The van der Waals surface area contributed by atoms with E-state index in [0.717, 1.165) is 16.8 Å². The molecular formula is C19H20N2O. The summed E-state index contributed by atoms with van der Waals surface area (Å²) in [7, 11) is 3.97. The lowest BCUT2D eigenvalue weighted by Crippen LogP contribution is -2.23. The molecule has 0 radical (unpaired) electrons. The summed E-state index contributed by atoms with van der Waals surface area (Å²) in [5.41, 5.74) is 3.81. The summed E-state index contributed by atoms with van der Waals surface area (Å²) in [6.07, 6.45) is 0. The molecule has 0 aliphatic heterocycles. The van der Waals surface area contributed by atoms with Crippen molar-refractivity contribution in [3.05, 3.63) is 65.2 Å². The topological polar surface area (TPSA) is 32.3 Å². The van der Waals surface area contributed by atoms with Crippen LogP contribution in [0.1, 0.15) is 21.5 Å². The van der Waals surface area contributed by atoms with Crippen LogP contribution in [-0.4, -0.2) is 26.5 Å². The zero-order chi connectivity index (χ0) is 15.9. The second kappa shape index (κ2) is 7.33. The molecule has 3 heteroatoms. The Kier molecular flexibility index (Phi) is 5.21. The largest absolute Gasteiger partial charge is 0.377 e. The zero-order valence-electron chi connectivity index (χ0n) is 13.2. The van der Waals surface area contributed by atoms with Gasteiger partial charge in [-0.1, -0.05) is 41.7 Å². The van der Waals surface area contributed by atoms with Gasteiger partial charge in [-0.2, -0.15) is 0 Å². The molecule has 22 heavy (non-hydrogen) atoms. The van der Waals surface area contributed by atoms with Gasteiger partial charge in [-0.3, -0.25) is 4.79 Å². The third-order valence-electron chi connectivity index (χ3n) is 3.26. The maximum absolute atomic E-state index is 12.0. The SMILES string of the molecule is Cc1ccc(C(=O)NCC#Cc2ccccc2N(C)C)cc1. The van der Waals surface area contributed by atoms with E-state index in [9.17, 15) is 4.79 Å². The number of hydrogen-bond donors (Lipinski definition) is 1. The van der Waals surface area contributed by atoms with Crippen LogP contribution in [-0.2, 0) is 0 Å². The molecule has 0 aliphatic carbocycles. The second-order valence-corrected chi connectivity index (χ2v) is 5.26. The number of benzene rings is 2. The van der Waals surface area contributed by atoms with Crippen molar-refractivity contribution in [3.8, 4) is 11.8 Å². The van der Waals surface area contributed by atoms with Crippen molar-refractivity contribution >= 4 is 11.6 Å². The highest BCUT2D eigenvalue weighted by Gasteiger charge is 2.03. The van der Waals surface area contributed by atoms with Crippen molar-refractivity contribution in [1.82, 2.24) is 5.32 Å². The number of carbonyl (C=O) groups is 1. The molecule has 0 unspecified atom stereocenters. The van der Waals surface area contributed by atoms with E-state index in [-0.39, 0.29) is 5.91 Å². The van der Waals surface area contributed by atoms with Crippen LogP contribution < -0.4 is 10.2 Å². The van der Waals surface area contributed by atoms with Crippen LogP contribution in [0.4, 0.5) is 5.69 Å². The molecule has 0 bridgehead atoms. The Morgan fingerprint density at radius 1 is 1.09 bits per heavy atom. The van der Waals surface area contributed by atoms with Crippen LogP contribution in [0.25, 0.3) is 0 Å². The Morgan fingerprint density at radius 3 is 2.45 bits per heavy atom. The van der Waals surface area contributed by atoms with Gasteiger partial charge in [-0.05, 0) is 31.2 Å². The van der Waals surface area contributed by atoms with Gasteiger partial charge in [-0.15, -0.1) is 0 Å². The van der Waals surface area contributed by atoms with E-state index >= 15 is 0 Å². The number of para-hydroxylation sites is 1. The van der Waals surface area contributed by atoms with Crippen LogP contribution >= 0.6 is 0 Å². The van der Waals surface area contributed by atoms with Gasteiger partial charge in [0.2, 0.25) is 0 Å². The first-order valence-corrected chi connectivity index (χ1v) is 7.18. The van der Waals surface area contributed by atoms with E-state index in [1.54, 1.807) is 0 Å². The lowest BCUT2D eigenvalue weighted by molar-refractivity contribution is 0.0958. The molecule has 0 aromatic heterocycles. The van der Waals surface area contributed by atoms with E-state index in [1.807, 2.05) is 74.4 Å². The molecule has 2 rings (SSSR count). The summed E-state index contributed by atoms with van der Waals surface area (Å²) >= 11 is 0. The van der Waals surface area contributed by atoms with Crippen molar-refractivity contribution in [2.24, 2.45) is 0 Å². The molecule has 1 N–H and O–H groups in total. The summed E-state index contributed by atoms with van der Waals surface area (Å²) in [6.45, 7) is 2.32. The number of aryl methyl sites for hydroxylation is 1. The Bertz CT molecular complexity index is 706. The monoisotopic (exact) mass is 292 g/mol. The first kappa shape index (κ1) is 15.7. The zero-order valence-corrected chi connectivity index (χ0v) is 13.2. The number of carbonyl (C=O) groups excluding carboxylic acids is 1. The number of anilines is 1. The highest BCUT2D eigenvalue weighted by atomic mass is 16.1. The standard InChI is InChI=1S/C19H20N2O/c1-15-10-12-17(13-11-15)19(22)20-14-6-8-16-7-4-5-9-18(16)21(2)3/h4-5,7,9-13H,14H2,1-3H3,(H,20,22). The van der Waals surface area contributed by atoms with E-state index in [2.05, 4.69) is 17.2 Å². The number of rotatable bonds is 3. The van der Waals surface area contributed by atoms with Crippen LogP contribution in [0, 0.1) is 18.8 Å². The van der Waals surface area contributed by atoms with Gasteiger partial charge in [0, 0.05) is 25.2 Å². The average Bonchev–Trinajstić information content (AvgIpc) is 2.52. The quantitative estimate of drug-likeness (QED) is 0.882. The maximum atomic E-state index is 12.0. The van der Waals surface area contributed by atoms with Gasteiger partial charge in [0.1, 0.15) is 0 Å². The molecule has 0 fully saturated rings. The van der Waals surface area contributed by atoms with Crippen LogP contribution in [0.5, 0.6) is 0 Å². The predicted molar refractivity (Wildman–Crippen MR) is 91.2 cm³/mol. The van der Waals surface area contributed by atoms with E-state index < -0.39 is 0 Å². The minimum Gasteiger partial charge on any atom is -0.377 e. The summed E-state index contributed by atoms with van der Waals surface area (Å²) in [5.74, 6) is 6.00. The van der Waals surface area contributed by atoms with Crippen molar-refractivity contribution in [1.29, 1.82) is 0 Å². The van der Waals surface area contributed by atoms with E-state index in [4.69, 9.17) is 0 Å². The molecule has 0 aliphatic rings. The summed E-state index contributed by atoms with van der Waals surface area (Å²) in [6, 6.07) is 15.4. The molecule has 0 saturated heterocycles. The normalized spacial score (nSPS) is 9.59. The number of hydrogen-bond acceptors (Lipinski definition) is 2. The van der Waals surface area contributed by atoms with Gasteiger partial charge in [0.15, 0.2) is 0 Å². The Hall–Kier alpha value is -2.73. The first-order chi connectivity index (χ1) is 10.6. The lowest BCUT2D eigenvalue weighted by Gasteiger charge is -2.13. The summed E-state index contributed by atoms with van der Waals surface area (Å²) in [5, 5.41) is 2.81. The molecule has 2 aromatic rings. The molecule has 0 saturated carbocycles. The second-order valence-electron chi connectivity index (χ2n) is 5.26. The summed E-state index contributed by atoms with van der Waals surface area (Å²) in [4.78, 5) is 14.0. The highest BCUT2D eigenvalue weighted by molar-refractivity contribution is 5.94. The van der Waals surface area contributed by atoms with E-state index in [1.165, 1.54) is 0 Å². The Balaban J connectivity index is 1.97. The molecule has 0 heterocycles. The molecule has 112 valence electrons. The molecule has 0 spiro atoms. The molecule has 0 atom stereocenters. The van der Waals surface area contributed by atoms with Crippen molar-refractivity contribution in [2.75, 3.05) is 25.5 Å². The third-order valence-corrected chi connectivity index (χ3v) is 3.26. The number of amides is 1. The molecule has 2 aromatic carbocycles. The van der Waals surface area contributed by atoms with Gasteiger partial charge in [0.05, 0.1) is 12.2 Å². The fourth-order valence-corrected chi connectivity index (χ4v) is 2.04. The smallest absolute Gasteiger partial charge is 0.252 e. The molecule has 3 nitrogen and oxygen atoms in total. The third kappa shape index (κ3) is 4.13. The first-order valence-electron chi connectivity index (χ1n) is 7.18. The lowest BCUT2D eigenvalue weighted by atomic mass is 10.1. The van der Waals surface area contributed by atoms with Crippen molar-refractivity contribution in [2.45, 2.75) is 6.92 Å². The highest BCUT2D eigenvalue weighted by Crippen LogP contribution is 2.16. The molecular weight excluding hydrogens is 272 g/mol. The van der Waals surface area contributed by atoms with Crippen LogP contribution in [0.2, 0.25) is 0 Å². The van der Waals surface area contributed by atoms with Gasteiger partial charge in [0.25, 0.3) is 5.91 Å². The maximum Gasteiger partial charge on any atom is 0.252 e. The van der Waals surface area contributed by atoms with Gasteiger partial charge >= 0.3 is 0 Å². The average molecular weight is 292 g/mol. The summed E-state index contributed by atoms with van der Waals surface area (Å²) < 4.78 is 0. The fraction of sp³-hybridized carbons (Fsp3) is 0.211. The van der Waals surface area contributed by atoms with Crippen LogP contribution in [0.15, 0.2) is 48.5 Å². The number of nitrogens with one attached hydrogen (secondary N) is 1.